The van der Waals surface area contributed by atoms with Crippen molar-refractivity contribution in [3.8, 4) is 0 Å². The zero-order chi connectivity index (χ0) is 13.1. The van der Waals surface area contributed by atoms with Crippen LogP contribution >= 0.6 is 0 Å². The topological polar surface area (TPSA) is 85.2 Å². The van der Waals surface area contributed by atoms with Crippen molar-refractivity contribution in [2.24, 2.45) is 4.99 Å². The number of ether oxygens (including phenoxy) is 2. The van der Waals surface area contributed by atoms with E-state index in [-0.39, 0.29) is 6.61 Å². The van der Waals surface area contributed by atoms with E-state index in [1.807, 2.05) is 0 Å². The van der Waals surface area contributed by atoms with Crippen molar-refractivity contribution in [2.75, 3.05) is 6.61 Å². The molecule has 1 heterocycles. The molecule has 6 nitrogen and oxygen atoms in total. The van der Waals surface area contributed by atoms with Crippen LogP contribution in [0.3, 0.4) is 0 Å². The van der Waals surface area contributed by atoms with Gasteiger partial charge in [-0.25, -0.2) is 9.59 Å². The average Bonchev–Trinajstić information content (AvgIpc) is 2.19. The van der Waals surface area contributed by atoms with Crippen molar-refractivity contribution < 1.29 is 24.2 Å². The zero-order valence-electron chi connectivity index (χ0n) is 10.2. The Kier molecular flexibility index (Phi) is 4.03. The van der Waals surface area contributed by atoms with Gasteiger partial charge in [0.25, 0.3) is 5.72 Å². The van der Waals surface area contributed by atoms with E-state index < -0.39 is 23.4 Å². The Labute approximate surface area is 99.6 Å². The quantitative estimate of drug-likeness (QED) is 0.592. The predicted molar refractivity (Wildman–Crippen MR) is 58.3 cm³/mol. The number of aliphatic carboxylic acids is 1. The van der Waals surface area contributed by atoms with E-state index in [1.165, 1.54) is 6.08 Å². The maximum atomic E-state index is 11.3. The number of hydrogen-bond acceptors (Lipinski definition) is 5. The Morgan fingerprint density at radius 2 is 2.24 bits per heavy atom. The Hall–Kier alpha value is -1.23. The molecule has 1 aliphatic rings. The van der Waals surface area contributed by atoms with Crippen molar-refractivity contribution >= 4 is 12.0 Å². The van der Waals surface area contributed by atoms with Gasteiger partial charge in [0.15, 0.2) is 0 Å². The van der Waals surface area contributed by atoms with Crippen molar-refractivity contribution in [1.82, 2.24) is 0 Å². The van der Waals surface area contributed by atoms with Crippen LogP contribution in [0.25, 0.3) is 0 Å². The molecule has 1 saturated heterocycles. The summed E-state index contributed by atoms with van der Waals surface area (Å²) in [6.45, 7) is 5.65. The summed E-state index contributed by atoms with van der Waals surface area (Å²) in [5.41, 5.74) is -2.49. The normalized spacial score (nSPS) is 29.5. The first-order valence-corrected chi connectivity index (χ1v) is 5.46. The van der Waals surface area contributed by atoms with Crippen molar-refractivity contribution in [3.63, 3.8) is 0 Å². The number of nitrogens with zero attached hydrogens (tertiary/aromatic N) is 1. The molecule has 0 aromatic rings. The van der Waals surface area contributed by atoms with Gasteiger partial charge in [-0.2, -0.15) is 4.99 Å². The fourth-order valence-corrected chi connectivity index (χ4v) is 1.77. The lowest BCUT2D eigenvalue weighted by Crippen LogP contribution is -2.55. The highest BCUT2D eigenvalue weighted by molar-refractivity contribution is 5.79. The Morgan fingerprint density at radius 1 is 1.59 bits per heavy atom. The summed E-state index contributed by atoms with van der Waals surface area (Å²) in [5.74, 6) is -1.32. The van der Waals surface area contributed by atoms with E-state index in [0.717, 1.165) is 0 Å². The first-order valence-electron chi connectivity index (χ1n) is 5.46. The molecular weight excluding hydrogens is 226 g/mol. The molecule has 0 aliphatic carbocycles. The van der Waals surface area contributed by atoms with E-state index in [4.69, 9.17) is 9.47 Å². The third kappa shape index (κ3) is 3.12. The van der Waals surface area contributed by atoms with E-state index in [1.54, 1.807) is 20.8 Å². The first kappa shape index (κ1) is 13.8. The number of rotatable bonds is 3. The Bertz CT molecular complexity index is 338. The van der Waals surface area contributed by atoms with Crippen LogP contribution < -0.4 is 0 Å². The molecule has 96 valence electrons. The second-order valence-electron chi connectivity index (χ2n) is 4.91. The van der Waals surface area contributed by atoms with Gasteiger partial charge in [0.2, 0.25) is 6.08 Å². The van der Waals surface area contributed by atoms with Crippen molar-refractivity contribution in [1.29, 1.82) is 0 Å². The van der Waals surface area contributed by atoms with Gasteiger partial charge in [-0.3, -0.25) is 0 Å². The molecule has 6 heteroatoms. The Balaban J connectivity index is 3.04. The number of carboxylic acid groups (broad SMARTS) is 1. The van der Waals surface area contributed by atoms with Crippen LogP contribution in [0.2, 0.25) is 0 Å². The number of isocyanates is 1. The maximum absolute atomic E-state index is 11.3. The van der Waals surface area contributed by atoms with Gasteiger partial charge in [-0.05, 0) is 33.6 Å². The molecule has 0 bridgehead atoms. The van der Waals surface area contributed by atoms with E-state index in [0.29, 0.717) is 12.8 Å². The SMILES string of the molecule is CC(C)(C)O[C@@H]1CCCO[C@@]1(N=C=O)C(=O)O. The van der Waals surface area contributed by atoms with E-state index in [9.17, 15) is 14.7 Å². The second kappa shape index (κ2) is 4.96. The van der Waals surface area contributed by atoms with Crippen LogP contribution in [0.1, 0.15) is 33.6 Å². The molecule has 0 saturated carbocycles. The third-order valence-electron chi connectivity index (χ3n) is 2.38. The van der Waals surface area contributed by atoms with Gasteiger partial charge < -0.3 is 14.6 Å². The van der Waals surface area contributed by atoms with Crippen molar-refractivity contribution in [3.05, 3.63) is 0 Å². The number of carbonyl (C=O) groups excluding carboxylic acids is 1. The Morgan fingerprint density at radius 3 is 2.71 bits per heavy atom. The summed E-state index contributed by atoms with van der Waals surface area (Å²) < 4.78 is 10.8. The minimum absolute atomic E-state index is 0.238. The molecule has 17 heavy (non-hydrogen) atoms. The molecule has 1 N–H and O–H groups in total. The van der Waals surface area contributed by atoms with Crippen LogP contribution in [-0.2, 0) is 19.1 Å². The molecule has 2 atom stereocenters. The van der Waals surface area contributed by atoms with Crippen molar-refractivity contribution in [2.45, 2.75) is 51.0 Å². The molecular formula is C11H17NO5. The number of carboxylic acids is 1. The highest BCUT2D eigenvalue weighted by Crippen LogP contribution is 2.32. The van der Waals surface area contributed by atoms with Crippen LogP contribution in [0.5, 0.6) is 0 Å². The summed E-state index contributed by atoms with van der Waals surface area (Å²) in [5, 5.41) is 9.21. The first-order chi connectivity index (χ1) is 7.82. The molecule has 0 amide bonds. The summed E-state index contributed by atoms with van der Waals surface area (Å²) in [7, 11) is 0. The number of hydrogen-bond donors (Lipinski definition) is 1. The van der Waals surface area contributed by atoms with Crippen LogP contribution in [0.15, 0.2) is 4.99 Å². The van der Waals surface area contributed by atoms with Crippen LogP contribution in [0, 0.1) is 0 Å². The number of carbonyl (C=O) groups is 1. The largest absolute Gasteiger partial charge is 0.478 e. The molecule has 0 aromatic carbocycles. The van der Waals surface area contributed by atoms with Crippen LogP contribution in [-0.4, -0.2) is 41.2 Å². The summed E-state index contributed by atoms with van der Waals surface area (Å²) >= 11 is 0. The minimum Gasteiger partial charge on any atom is -0.478 e. The fourth-order valence-electron chi connectivity index (χ4n) is 1.77. The monoisotopic (exact) mass is 243 g/mol. The molecule has 0 unspecified atom stereocenters. The summed E-state index contributed by atoms with van der Waals surface area (Å²) in [6.07, 6.45) is 1.63. The second-order valence-corrected chi connectivity index (χ2v) is 4.91. The molecule has 0 radical (unpaired) electrons. The maximum Gasteiger partial charge on any atom is 0.363 e. The predicted octanol–water partition coefficient (Wildman–Crippen LogP) is 1.10. The molecule has 0 spiro atoms. The van der Waals surface area contributed by atoms with Crippen LogP contribution in [0.4, 0.5) is 0 Å². The van der Waals surface area contributed by atoms with Gasteiger partial charge >= 0.3 is 5.97 Å². The smallest absolute Gasteiger partial charge is 0.363 e. The molecule has 1 fully saturated rings. The average molecular weight is 243 g/mol. The molecule has 0 aromatic heterocycles. The highest BCUT2D eigenvalue weighted by atomic mass is 16.6. The summed E-state index contributed by atoms with van der Waals surface area (Å²) in [6, 6.07) is 0. The standard InChI is InChI=1S/C11H17NO5/c1-10(2,3)17-8-5-4-6-16-11(8,9(14)15)12-7-13/h8H,4-6H2,1-3H3,(H,14,15)/t8-,11-/m1/s1. The third-order valence-corrected chi connectivity index (χ3v) is 2.38. The molecule has 1 aliphatic heterocycles. The van der Waals surface area contributed by atoms with Gasteiger partial charge in [0.05, 0.1) is 12.2 Å². The lowest BCUT2D eigenvalue weighted by Gasteiger charge is -2.39. The van der Waals surface area contributed by atoms with E-state index >= 15 is 0 Å². The lowest BCUT2D eigenvalue weighted by atomic mass is 9.98. The highest BCUT2D eigenvalue weighted by Gasteiger charge is 2.52. The lowest BCUT2D eigenvalue weighted by molar-refractivity contribution is -0.217. The van der Waals surface area contributed by atoms with Gasteiger partial charge in [-0.1, -0.05) is 0 Å². The minimum atomic E-state index is -1.95. The summed E-state index contributed by atoms with van der Waals surface area (Å²) in [4.78, 5) is 25.0. The fraction of sp³-hybridized carbons (Fsp3) is 0.818. The van der Waals surface area contributed by atoms with E-state index in [2.05, 4.69) is 4.99 Å². The van der Waals surface area contributed by atoms with Gasteiger partial charge in [-0.15, -0.1) is 0 Å². The number of aliphatic imine (C=N–C) groups is 1. The van der Waals surface area contributed by atoms with Gasteiger partial charge in [0, 0.05) is 0 Å². The van der Waals surface area contributed by atoms with Gasteiger partial charge in [0.1, 0.15) is 6.10 Å². The zero-order valence-corrected chi connectivity index (χ0v) is 10.2. The molecule has 1 rings (SSSR count).